The lowest BCUT2D eigenvalue weighted by atomic mass is 10.2. The molecule has 0 radical (unpaired) electrons. The van der Waals surface area contributed by atoms with Gasteiger partial charge in [0.05, 0.1) is 0 Å². The average Bonchev–Trinajstić information content (AvgIpc) is 2.00. The Morgan fingerprint density at radius 1 is 1.00 bits per heavy atom. The van der Waals surface area contributed by atoms with Crippen molar-refractivity contribution in [3.8, 4) is 0 Å². The Balaban J connectivity index is 2.52. The van der Waals surface area contributed by atoms with Gasteiger partial charge in [0.25, 0.3) is 0 Å². The summed E-state index contributed by atoms with van der Waals surface area (Å²) in [5.41, 5.74) is 0.843. The number of halogens is 4. The summed E-state index contributed by atoms with van der Waals surface area (Å²) < 4.78 is -2.11. The van der Waals surface area contributed by atoms with E-state index in [2.05, 4.69) is 0 Å². The van der Waals surface area contributed by atoms with Crippen molar-refractivity contribution in [2.45, 2.75) is 11.6 Å². The van der Waals surface area contributed by atoms with Gasteiger partial charge in [-0.05, 0) is 6.07 Å². The minimum absolute atomic E-state index is 0.843. The van der Waals surface area contributed by atoms with Gasteiger partial charge in [-0.25, -0.2) is 0 Å². The topological polar surface area (TPSA) is 0 Å². The van der Waals surface area contributed by atoms with Crippen molar-refractivity contribution >= 4 is 69.9 Å². The molecule has 0 nitrogen and oxygen atoms in total. The molecule has 0 spiro atoms. The maximum absolute atomic E-state index is 6.13. The van der Waals surface area contributed by atoms with Crippen LogP contribution >= 0.6 is 69.9 Å². The Hall–Kier alpha value is 1.08. The van der Waals surface area contributed by atoms with E-state index in [1.54, 1.807) is 0 Å². The highest BCUT2D eigenvalue weighted by molar-refractivity contribution is 8.23. The minimum atomic E-state index is -1.08. The highest BCUT2D eigenvalue weighted by atomic mass is 35.5. The average molecular weight is 306 g/mol. The molecule has 0 N–H and O–H groups in total. The third-order valence-electron chi connectivity index (χ3n) is 1.68. The van der Waals surface area contributed by atoms with Crippen LogP contribution < -0.4 is 0 Å². The summed E-state index contributed by atoms with van der Waals surface area (Å²) in [4.78, 5) is 0.918. The van der Waals surface area contributed by atoms with Crippen LogP contribution in [0, 0.1) is 0 Å². The molecule has 2 rings (SSSR count). The normalized spacial score (nSPS) is 22.9. The van der Waals surface area contributed by atoms with Crippen LogP contribution in [-0.4, -0.2) is 3.00 Å². The summed E-state index contributed by atoms with van der Waals surface area (Å²) in [6.45, 7) is 0. The molecule has 1 aromatic rings. The Kier molecular flexibility index (Phi) is 3.16. The Morgan fingerprint density at radius 2 is 1.64 bits per heavy atom. The predicted octanol–water partition coefficient (Wildman–Crippen LogP) is 5.20. The van der Waals surface area contributed by atoms with Gasteiger partial charge in [-0.3, -0.25) is 0 Å². The Morgan fingerprint density at radius 3 is 2.36 bits per heavy atom. The number of alkyl halides is 4. The molecule has 1 heterocycles. The SMILES string of the molecule is ClC1(Cl)Sc2ccccc2C(Cl)(Cl)S1. The molecule has 0 atom stereocenters. The van der Waals surface area contributed by atoms with Crippen LogP contribution in [-0.2, 0) is 3.67 Å². The van der Waals surface area contributed by atoms with Gasteiger partial charge in [0.2, 0.25) is 3.00 Å². The minimum Gasteiger partial charge on any atom is -0.0838 e. The van der Waals surface area contributed by atoms with Crippen LogP contribution in [0.15, 0.2) is 29.2 Å². The second-order valence-electron chi connectivity index (χ2n) is 2.68. The highest BCUT2D eigenvalue weighted by Gasteiger charge is 2.45. The second kappa shape index (κ2) is 3.83. The quantitative estimate of drug-likeness (QED) is 0.604. The fraction of sp³-hybridized carbons (Fsp3) is 0.250. The van der Waals surface area contributed by atoms with E-state index in [1.807, 2.05) is 24.3 Å². The third kappa shape index (κ3) is 2.26. The second-order valence-corrected chi connectivity index (χ2v) is 9.62. The molecule has 1 aliphatic heterocycles. The number of thioether (sulfide) groups is 2. The van der Waals surface area contributed by atoms with E-state index in [0.717, 1.165) is 22.2 Å². The molecule has 1 aliphatic rings. The van der Waals surface area contributed by atoms with E-state index in [-0.39, 0.29) is 0 Å². The van der Waals surface area contributed by atoms with Crippen LogP contribution in [0.3, 0.4) is 0 Å². The van der Waals surface area contributed by atoms with Crippen LogP contribution in [0.1, 0.15) is 5.56 Å². The number of benzene rings is 1. The molecule has 0 saturated carbocycles. The standard InChI is InChI=1S/C8H4Cl4S2/c9-7(10)5-3-1-2-4-6(5)13-8(11,12)14-7/h1-4H. The van der Waals surface area contributed by atoms with Gasteiger partial charge in [0.15, 0.2) is 3.67 Å². The first kappa shape index (κ1) is 11.6. The molecule has 0 aliphatic carbocycles. The van der Waals surface area contributed by atoms with Gasteiger partial charge < -0.3 is 0 Å². The molecular formula is C8H4Cl4S2. The lowest BCUT2D eigenvalue weighted by Crippen LogP contribution is -2.19. The van der Waals surface area contributed by atoms with E-state index in [9.17, 15) is 0 Å². The molecule has 0 aromatic heterocycles. The molecule has 76 valence electrons. The monoisotopic (exact) mass is 304 g/mol. The number of hydrogen-bond acceptors (Lipinski definition) is 2. The van der Waals surface area contributed by atoms with Crippen LogP contribution in [0.2, 0.25) is 0 Å². The van der Waals surface area contributed by atoms with Gasteiger partial charge in [-0.15, -0.1) is 0 Å². The molecule has 0 fully saturated rings. The lowest BCUT2D eigenvalue weighted by Gasteiger charge is -2.34. The molecular weight excluding hydrogens is 302 g/mol. The summed E-state index contributed by atoms with van der Waals surface area (Å²) in [7, 11) is 0. The first-order chi connectivity index (χ1) is 6.41. The molecule has 0 amide bonds. The molecule has 0 bridgehead atoms. The van der Waals surface area contributed by atoms with Crippen molar-refractivity contribution in [1.82, 2.24) is 0 Å². The van der Waals surface area contributed by atoms with E-state index < -0.39 is 6.66 Å². The predicted molar refractivity (Wildman–Crippen MR) is 67.7 cm³/mol. The third-order valence-corrected chi connectivity index (χ3v) is 5.50. The van der Waals surface area contributed by atoms with E-state index in [1.165, 1.54) is 11.8 Å². The van der Waals surface area contributed by atoms with Crippen molar-refractivity contribution in [1.29, 1.82) is 0 Å². The zero-order chi connectivity index (χ0) is 10.4. The number of hydrogen-bond donors (Lipinski definition) is 0. The van der Waals surface area contributed by atoms with Crippen molar-refractivity contribution in [3.05, 3.63) is 29.8 Å². The maximum Gasteiger partial charge on any atom is 0.217 e. The smallest absolute Gasteiger partial charge is 0.0838 e. The van der Waals surface area contributed by atoms with Gasteiger partial charge in [-0.2, -0.15) is 0 Å². The van der Waals surface area contributed by atoms with Gasteiger partial charge in [0.1, 0.15) is 0 Å². The maximum atomic E-state index is 6.13. The lowest BCUT2D eigenvalue weighted by molar-refractivity contribution is 1.15. The number of rotatable bonds is 0. The van der Waals surface area contributed by atoms with Crippen molar-refractivity contribution in [3.63, 3.8) is 0 Å². The van der Waals surface area contributed by atoms with Gasteiger partial charge in [0, 0.05) is 10.5 Å². The first-order valence-corrected chi connectivity index (χ1v) is 6.79. The number of fused-ring (bicyclic) bond motifs is 1. The summed E-state index contributed by atoms with van der Waals surface area (Å²) in [5, 5.41) is 0. The molecule has 1 aromatic carbocycles. The zero-order valence-corrected chi connectivity index (χ0v) is 11.3. The van der Waals surface area contributed by atoms with Crippen molar-refractivity contribution in [2.24, 2.45) is 0 Å². The molecule has 0 unspecified atom stereocenters. The van der Waals surface area contributed by atoms with E-state index in [0.29, 0.717) is 0 Å². The van der Waals surface area contributed by atoms with Crippen LogP contribution in [0.5, 0.6) is 0 Å². The van der Waals surface area contributed by atoms with Gasteiger partial charge in [-0.1, -0.05) is 88.1 Å². The summed E-state index contributed by atoms with van der Waals surface area (Å²) >= 11 is 26.7. The first-order valence-electron chi connectivity index (χ1n) is 3.65. The molecule has 14 heavy (non-hydrogen) atoms. The largest absolute Gasteiger partial charge is 0.217 e. The van der Waals surface area contributed by atoms with Gasteiger partial charge >= 0.3 is 0 Å². The van der Waals surface area contributed by atoms with E-state index >= 15 is 0 Å². The zero-order valence-electron chi connectivity index (χ0n) is 6.64. The summed E-state index contributed by atoms with van der Waals surface area (Å²) in [6.07, 6.45) is 0. The van der Waals surface area contributed by atoms with Crippen LogP contribution in [0.25, 0.3) is 0 Å². The Labute approximate surface area is 111 Å². The summed E-state index contributed by atoms with van der Waals surface area (Å²) in [5.74, 6) is 0. The van der Waals surface area contributed by atoms with E-state index in [4.69, 9.17) is 46.4 Å². The van der Waals surface area contributed by atoms with Crippen molar-refractivity contribution in [2.75, 3.05) is 0 Å². The molecule has 0 saturated heterocycles. The molecule has 6 heteroatoms. The highest BCUT2D eigenvalue weighted by Crippen LogP contribution is 2.65. The van der Waals surface area contributed by atoms with Crippen molar-refractivity contribution < 1.29 is 0 Å². The van der Waals surface area contributed by atoms with Crippen LogP contribution in [0.4, 0.5) is 0 Å². The Bertz CT molecular complexity index is 364. The fourth-order valence-electron chi connectivity index (χ4n) is 1.15. The summed E-state index contributed by atoms with van der Waals surface area (Å²) in [6, 6.07) is 7.56. The fourth-order valence-corrected chi connectivity index (χ4v) is 6.42.